The molecule has 3 rings (SSSR count). The molecule has 1 heterocycles. The Hall–Kier alpha value is -3.02. The summed E-state index contributed by atoms with van der Waals surface area (Å²) in [7, 11) is 0. The number of hydrogen-bond donors (Lipinski definition) is 3. The molecule has 0 bridgehead atoms. The van der Waals surface area contributed by atoms with Crippen molar-refractivity contribution in [1.29, 1.82) is 0 Å². The van der Waals surface area contributed by atoms with Gasteiger partial charge in [0.15, 0.2) is 5.96 Å². The molecule has 1 fully saturated rings. The van der Waals surface area contributed by atoms with Crippen LogP contribution < -0.4 is 20.9 Å². The molecule has 0 aromatic heterocycles. The van der Waals surface area contributed by atoms with Crippen LogP contribution in [0.2, 0.25) is 0 Å². The standard InChI is InChI=1S/C24H33N5O/c1-4-25-24(26-15-13-20-7-9-21(10-8-20)27-19(3)30)28-22-14-16-29(17-22)23-11-5-18(2)6-12-23/h5-12,22H,4,13-17H2,1-3H3,(H,27,30)(H2,25,26,28). The van der Waals surface area contributed by atoms with E-state index in [1.807, 2.05) is 24.3 Å². The Morgan fingerprint density at radius 3 is 2.53 bits per heavy atom. The van der Waals surface area contributed by atoms with Gasteiger partial charge in [0.25, 0.3) is 0 Å². The van der Waals surface area contributed by atoms with Gasteiger partial charge >= 0.3 is 0 Å². The molecule has 160 valence electrons. The number of aliphatic imine (C=N–C) groups is 1. The van der Waals surface area contributed by atoms with Crippen LogP contribution in [-0.4, -0.2) is 44.1 Å². The van der Waals surface area contributed by atoms with Gasteiger partial charge in [0.05, 0.1) is 0 Å². The number of carbonyl (C=O) groups is 1. The summed E-state index contributed by atoms with van der Waals surface area (Å²) in [4.78, 5) is 18.3. The highest BCUT2D eigenvalue weighted by atomic mass is 16.1. The Morgan fingerprint density at radius 2 is 1.87 bits per heavy atom. The van der Waals surface area contributed by atoms with E-state index in [0.29, 0.717) is 12.6 Å². The second-order valence-corrected chi connectivity index (χ2v) is 7.80. The minimum atomic E-state index is -0.0541. The summed E-state index contributed by atoms with van der Waals surface area (Å²) in [5, 5.41) is 9.75. The second-order valence-electron chi connectivity index (χ2n) is 7.80. The first-order chi connectivity index (χ1) is 14.5. The van der Waals surface area contributed by atoms with E-state index in [9.17, 15) is 4.79 Å². The van der Waals surface area contributed by atoms with E-state index in [1.54, 1.807) is 0 Å². The first kappa shape index (κ1) is 21.7. The summed E-state index contributed by atoms with van der Waals surface area (Å²) in [5.74, 6) is 0.824. The molecule has 1 aliphatic rings. The Bertz CT molecular complexity index is 845. The number of nitrogens with one attached hydrogen (secondary N) is 3. The van der Waals surface area contributed by atoms with Crippen molar-refractivity contribution in [3.63, 3.8) is 0 Å². The maximum absolute atomic E-state index is 11.1. The van der Waals surface area contributed by atoms with Crippen molar-refractivity contribution < 1.29 is 4.79 Å². The van der Waals surface area contributed by atoms with Crippen LogP contribution in [0.3, 0.4) is 0 Å². The first-order valence-corrected chi connectivity index (χ1v) is 10.8. The number of anilines is 2. The summed E-state index contributed by atoms with van der Waals surface area (Å²) in [6.45, 7) is 9.32. The first-order valence-electron chi connectivity index (χ1n) is 10.8. The zero-order valence-electron chi connectivity index (χ0n) is 18.2. The lowest BCUT2D eigenvalue weighted by atomic mass is 10.1. The fourth-order valence-electron chi connectivity index (χ4n) is 3.64. The number of carbonyl (C=O) groups excluding carboxylic acids is 1. The van der Waals surface area contributed by atoms with Crippen LogP contribution in [-0.2, 0) is 11.2 Å². The van der Waals surface area contributed by atoms with E-state index in [-0.39, 0.29) is 5.91 Å². The number of nitrogens with zero attached hydrogens (tertiary/aromatic N) is 2. The fourth-order valence-corrected chi connectivity index (χ4v) is 3.64. The molecule has 0 saturated carbocycles. The third kappa shape index (κ3) is 6.51. The maximum atomic E-state index is 11.1. The third-order valence-corrected chi connectivity index (χ3v) is 5.22. The largest absolute Gasteiger partial charge is 0.369 e. The van der Waals surface area contributed by atoms with Crippen LogP contribution in [0.4, 0.5) is 11.4 Å². The number of guanidine groups is 1. The zero-order valence-corrected chi connectivity index (χ0v) is 18.2. The molecular weight excluding hydrogens is 374 g/mol. The number of rotatable bonds is 7. The van der Waals surface area contributed by atoms with Gasteiger partial charge in [-0.3, -0.25) is 9.79 Å². The van der Waals surface area contributed by atoms with Crippen molar-refractivity contribution >= 4 is 23.2 Å². The van der Waals surface area contributed by atoms with E-state index in [4.69, 9.17) is 4.99 Å². The van der Waals surface area contributed by atoms with Crippen molar-refractivity contribution in [1.82, 2.24) is 10.6 Å². The molecule has 2 aromatic carbocycles. The van der Waals surface area contributed by atoms with Gasteiger partial charge in [-0.05, 0) is 56.5 Å². The summed E-state index contributed by atoms with van der Waals surface area (Å²) in [6, 6.07) is 17.1. The quantitative estimate of drug-likeness (QED) is 0.486. The van der Waals surface area contributed by atoms with Crippen molar-refractivity contribution in [3.8, 4) is 0 Å². The summed E-state index contributed by atoms with van der Waals surface area (Å²) in [6.07, 6.45) is 1.96. The Morgan fingerprint density at radius 1 is 1.13 bits per heavy atom. The van der Waals surface area contributed by atoms with Crippen molar-refractivity contribution in [2.75, 3.05) is 36.4 Å². The van der Waals surface area contributed by atoms with Crippen LogP contribution in [0.5, 0.6) is 0 Å². The normalized spacial score (nSPS) is 16.4. The van der Waals surface area contributed by atoms with Crippen LogP contribution in [0.1, 0.15) is 31.4 Å². The molecule has 6 heteroatoms. The van der Waals surface area contributed by atoms with E-state index in [1.165, 1.54) is 23.7 Å². The maximum Gasteiger partial charge on any atom is 0.221 e. The van der Waals surface area contributed by atoms with Crippen LogP contribution in [0.25, 0.3) is 0 Å². The van der Waals surface area contributed by atoms with Gasteiger partial charge in [0.2, 0.25) is 5.91 Å². The van der Waals surface area contributed by atoms with Gasteiger partial charge in [-0.1, -0.05) is 29.8 Å². The highest BCUT2D eigenvalue weighted by Crippen LogP contribution is 2.20. The average Bonchev–Trinajstić information content (AvgIpc) is 3.18. The topological polar surface area (TPSA) is 68.8 Å². The van der Waals surface area contributed by atoms with Crippen LogP contribution in [0, 0.1) is 6.92 Å². The molecule has 1 saturated heterocycles. The zero-order chi connectivity index (χ0) is 21.3. The lowest BCUT2D eigenvalue weighted by Crippen LogP contribution is -2.44. The smallest absolute Gasteiger partial charge is 0.221 e. The molecule has 1 aliphatic heterocycles. The molecule has 1 amide bonds. The number of hydrogen-bond acceptors (Lipinski definition) is 3. The van der Waals surface area contributed by atoms with Gasteiger partial charge in [-0.2, -0.15) is 0 Å². The van der Waals surface area contributed by atoms with Gasteiger partial charge in [0.1, 0.15) is 0 Å². The SMILES string of the molecule is CCNC(=NCCc1ccc(NC(C)=O)cc1)NC1CCN(c2ccc(C)cc2)C1. The molecule has 1 atom stereocenters. The number of aryl methyl sites for hydroxylation is 1. The molecule has 0 spiro atoms. The Kier molecular flexibility index (Phi) is 7.71. The van der Waals surface area contributed by atoms with Gasteiger partial charge in [0, 0.05) is 50.5 Å². The molecular formula is C24H33N5O. The average molecular weight is 408 g/mol. The molecule has 0 aliphatic carbocycles. The Balaban J connectivity index is 1.50. The molecule has 0 radical (unpaired) electrons. The van der Waals surface area contributed by atoms with E-state index >= 15 is 0 Å². The minimum Gasteiger partial charge on any atom is -0.369 e. The summed E-state index contributed by atoms with van der Waals surface area (Å²) < 4.78 is 0. The van der Waals surface area contributed by atoms with E-state index < -0.39 is 0 Å². The highest BCUT2D eigenvalue weighted by molar-refractivity contribution is 5.88. The van der Waals surface area contributed by atoms with Crippen molar-refractivity contribution in [2.24, 2.45) is 4.99 Å². The monoisotopic (exact) mass is 407 g/mol. The second kappa shape index (κ2) is 10.7. The summed E-state index contributed by atoms with van der Waals surface area (Å²) in [5.41, 5.74) is 4.60. The van der Waals surface area contributed by atoms with Crippen LogP contribution >= 0.6 is 0 Å². The Labute approximate surface area is 179 Å². The predicted octanol–water partition coefficient (Wildman–Crippen LogP) is 3.33. The number of benzene rings is 2. The van der Waals surface area contributed by atoms with Crippen molar-refractivity contribution in [3.05, 3.63) is 59.7 Å². The van der Waals surface area contributed by atoms with Crippen LogP contribution in [0.15, 0.2) is 53.5 Å². The lowest BCUT2D eigenvalue weighted by molar-refractivity contribution is -0.114. The lowest BCUT2D eigenvalue weighted by Gasteiger charge is -2.20. The molecule has 1 unspecified atom stereocenters. The van der Waals surface area contributed by atoms with E-state index in [0.717, 1.165) is 44.1 Å². The molecule has 2 aromatic rings. The fraction of sp³-hybridized carbons (Fsp3) is 0.417. The predicted molar refractivity (Wildman–Crippen MR) is 125 cm³/mol. The minimum absolute atomic E-state index is 0.0541. The van der Waals surface area contributed by atoms with Gasteiger partial charge in [-0.15, -0.1) is 0 Å². The van der Waals surface area contributed by atoms with E-state index in [2.05, 4.69) is 59.0 Å². The van der Waals surface area contributed by atoms with Gasteiger partial charge < -0.3 is 20.9 Å². The number of amides is 1. The summed E-state index contributed by atoms with van der Waals surface area (Å²) >= 11 is 0. The third-order valence-electron chi connectivity index (χ3n) is 5.22. The van der Waals surface area contributed by atoms with Crippen molar-refractivity contribution in [2.45, 2.75) is 39.7 Å². The molecule has 6 nitrogen and oxygen atoms in total. The highest BCUT2D eigenvalue weighted by Gasteiger charge is 2.23. The van der Waals surface area contributed by atoms with Gasteiger partial charge in [-0.25, -0.2) is 0 Å². The molecule has 3 N–H and O–H groups in total. The molecule has 30 heavy (non-hydrogen) atoms.